The van der Waals surface area contributed by atoms with Gasteiger partial charge in [0.25, 0.3) is 5.91 Å². The van der Waals surface area contributed by atoms with Crippen LogP contribution in [0.25, 0.3) is 11.3 Å². The minimum atomic E-state index is -0.0501. The second kappa shape index (κ2) is 7.91. The van der Waals surface area contributed by atoms with Crippen LogP contribution in [0.3, 0.4) is 0 Å². The van der Waals surface area contributed by atoms with Gasteiger partial charge in [-0.1, -0.05) is 12.1 Å². The molecule has 1 atom stereocenters. The van der Waals surface area contributed by atoms with Crippen LogP contribution in [0.15, 0.2) is 42.6 Å². The van der Waals surface area contributed by atoms with Gasteiger partial charge in [0, 0.05) is 29.9 Å². The lowest BCUT2D eigenvalue weighted by molar-refractivity contribution is 0.0950. The van der Waals surface area contributed by atoms with Crippen molar-refractivity contribution in [3.8, 4) is 17.3 Å². The third-order valence-corrected chi connectivity index (χ3v) is 4.77. The fourth-order valence-corrected chi connectivity index (χ4v) is 3.25. The molecule has 0 unspecified atom stereocenters. The smallest absolute Gasteiger partial charge is 0.251 e. The SMILES string of the molecule is CN1CCC[C@@H]1CCNC(=O)c1ccc(-c2cc(C#N)ccn2)cc1. The van der Waals surface area contributed by atoms with E-state index in [-0.39, 0.29) is 5.91 Å². The van der Waals surface area contributed by atoms with Crippen molar-refractivity contribution >= 4 is 5.91 Å². The molecule has 5 heteroatoms. The molecule has 0 saturated carbocycles. The fraction of sp³-hybridized carbons (Fsp3) is 0.350. The van der Waals surface area contributed by atoms with E-state index in [4.69, 9.17) is 5.26 Å². The molecule has 0 spiro atoms. The molecule has 1 aliphatic heterocycles. The monoisotopic (exact) mass is 334 g/mol. The lowest BCUT2D eigenvalue weighted by Crippen LogP contribution is -2.31. The number of carbonyl (C=O) groups is 1. The number of hydrogen-bond acceptors (Lipinski definition) is 4. The maximum absolute atomic E-state index is 12.3. The minimum Gasteiger partial charge on any atom is -0.352 e. The van der Waals surface area contributed by atoms with Gasteiger partial charge in [0.15, 0.2) is 0 Å². The summed E-state index contributed by atoms with van der Waals surface area (Å²) in [5, 5.41) is 12.0. The highest BCUT2D eigenvalue weighted by Crippen LogP contribution is 2.19. The Morgan fingerprint density at radius 1 is 1.36 bits per heavy atom. The predicted octanol–water partition coefficient (Wildman–Crippen LogP) is 2.83. The normalized spacial score (nSPS) is 17.2. The molecule has 1 N–H and O–H groups in total. The first-order chi connectivity index (χ1) is 12.2. The van der Waals surface area contributed by atoms with Crippen LogP contribution in [0.2, 0.25) is 0 Å². The van der Waals surface area contributed by atoms with Gasteiger partial charge in [-0.15, -0.1) is 0 Å². The van der Waals surface area contributed by atoms with Gasteiger partial charge >= 0.3 is 0 Å². The molecule has 5 nitrogen and oxygen atoms in total. The van der Waals surface area contributed by atoms with E-state index in [9.17, 15) is 4.79 Å². The standard InChI is InChI=1S/C20H22N4O/c1-24-12-2-3-18(24)9-11-23-20(25)17-6-4-16(5-7-17)19-13-15(14-21)8-10-22-19/h4-8,10,13,18H,2-3,9,11-12H2,1H3,(H,23,25)/t18-/m1/s1. The number of pyridine rings is 1. The zero-order valence-corrected chi connectivity index (χ0v) is 14.4. The van der Waals surface area contributed by atoms with Crippen molar-refractivity contribution in [3.05, 3.63) is 53.7 Å². The number of hydrogen-bond donors (Lipinski definition) is 1. The lowest BCUT2D eigenvalue weighted by Gasteiger charge is -2.19. The van der Waals surface area contributed by atoms with E-state index in [0.717, 1.165) is 24.2 Å². The molecule has 1 aliphatic rings. The van der Waals surface area contributed by atoms with Crippen LogP contribution in [-0.2, 0) is 0 Å². The molecule has 3 rings (SSSR count). The molecular formula is C20H22N4O. The van der Waals surface area contributed by atoms with Crippen LogP contribution < -0.4 is 5.32 Å². The summed E-state index contributed by atoms with van der Waals surface area (Å²) >= 11 is 0. The molecule has 0 aliphatic carbocycles. The molecule has 0 bridgehead atoms. The molecule has 128 valence electrons. The second-order valence-electron chi connectivity index (χ2n) is 6.44. The van der Waals surface area contributed by atoms with Crippen molar-refractivity contribution < 1.29 is 4.79 Å². The number of carbonyl (C=O) groups excluding carboxylic acids is 1. The molecule has 2 heterocycles. The number of rotatable bonds is 5. The highest BCUT2D eigenvalue weighted by atomic mass is 16.1. The Morgan fingerprint density at radius 3 is 2.84 bits per heavy atom. The number of nitriles is 1. The third-order valence-electron chi connectivity index (χ3n) is 4.77. The zero-order valence-electron chi connectivity index (χ0n) is 14.4. The summed E-state index contributed by atoms with van der Waals surface area (Å²) in [4.78, 5) is 18.9. The summed E-state index contributed by atoms with van der Waals surface area (Å²) in [5.41, 5.74) is 2.83. The first-order valence-electron chi connectivity index (χ1n) is 8.62. The van der Waals surface area contributed by atoms with E-state index in [1.54, 1.807) is 30.5 Å². The Bertz CT molecular complexity index is 779. The summed E-state index contributed by atoms with van der Waals surface area (Å²) < 4.78 is 0. The molecule has 1 aromatic heterocycles. The average molecular weight is 334 g/mol. The Labute approximate surface area is 148 Å². The Morgan fingerprint density at radius 2 is 2.16 bits per heavy atom. The van der Waals surface area contributed by atoms with Gasteiger partial charge in [-0.25, -0.2) is 0 Å². The van der Waals surface area contributed by atoms with Crippen molar-refractivity contribution in [3.63, 3.8) is 0 Å². The van der Waals surface area contributed by atoms with Gasteiger partial charge in [0.05, 0.1) is 17.3 Å². The maximum atomic E-state index is 12.3. The Kier molecular flexibility index (Phi) is 5.42. The number of benzene rings is 1. The third kappa shape index (κ3) is 4.23. The van der Waals surface area contributed by atoms with E-state index in [0.29, 0.717) is 23.7 Å². The molecule has 1 saturated heterocycles. The molecule has 25 heavy (non-hydrogen) atoms. The second-order valence-corrected chi connectivity index (χ2v) is 6.44. The van der Waals surface area contributed by atoms with Crippen LogP contribution in [0, 0.1) is 11.3 Å². The van der Waals surface area contributed by atoms with E-state index < -0.39 is 0 Å². The molecule has 0 radical (unpaired) electrons. The van der Waals surface area contributed by atoms with Crippen molar-refractivity contribution in [2.75, 3.05) is 20.1 Å². The first-order valence-corrected chi connectivity index (χ1v) is 8.62. The topological polar surface area (TPSA) is 69.0 Å². The van der Waals surface area contributed by atoms with Crippen LogP contribution in [0.4, 0.5) is 0 Å². The van der Waals surface area contributed by atoms with E-state index in [1.165, 1.54) is 12.8 Å². The number of nitrogens with zero attached hydrogens (tertiary/aromatic N) is 3. The quantitative estimate of drug-likeness (QED) is 0.913. The Hall–Kier alpha value is -2.71. The highest BCUT2D eigenvalue weighted by Gasteiger charge is 2.20. The average Bonchev–Trinajstić information content (AvgIpc) is 3.07. The van der Waals surface area contributed by atoms with Crippen molar-refractivity contribution in [2.24, 2.45) is 0 Å². The summed E-state index contributed by atoms with van der Waals surface area (Å²) in [7, 11) is 2.15. The van der Waals surface area contributed by atoms with E-state index >= 15 is 0 Å². The van der Waals surface area contributed by atoms with Gasteiger partial charge in [0.1, 0.15) is 0 Å². The summed E-state index contributed by atoms with van der Waals surface area (Å²) in [6.45, 7) is 1.85. The van der Waals surface area contributed by atoms with Gasteiger partial charge in [-0.2, -0.15) is 5.26 Å². The van der Waals surface area contributed by atoms with E-state index in [1.807, 2.05) is 12.1 Å². The first kappa shape index (κ1) is 17.1. The number of nitrogens with one attached hydrogen (secondary N) is 1. The van der Waals surface area contributed by atoms with Crippen LogP contribution >= 0.6 is 0 Å². The lowest BCUT2D eigenvalue weighted by atomic mass is 10.1. The van der Waals surface area contributed by atoms with E-state index in [2.05, 4.69) is 28.3 Å². The molecule has 1 amide bonds. The molecular weight excluding hydrogens is 312 g/mol. The number of likely N-dealkylation sites (tertiary alicyclic amines) is 1. The molecule has 1 aromatic carbocycles. The fourth-order valence-electron chi connectivity index (χ4n) is 3.25. The van der Waals surface area contributed by atoms with Crippen LogP contribution in [0.5, 0.6) is 0 Å². The predicted molar refractivity (Wildman–Crippen MR) is 97.0 cm³/mol. The van der Waals surface area contributed by atoms with Crippen LogP contribution in [-0.4, -0.2) is 42.0 Å². The summed E-state index contributed by atoms with van der Waals surface area (Å²) in [6.07, 6.45) is 5.08. The number of amides is 1. The van der Waals surface area contributed by atoms with Gasteiger partial charge in [-0.05, 0) is 57.1 Å². The minimum absolute atomic E-state index is 0.0501. The number of aromatic nitrogens is 1. The Balaban J connectivity index is 1.58. The van der Waals surface area contributed by atoms with Gasteiger partial charge < -0.3 is 10.2 Å². The molecule has 1 fully saturated rings. The van der Waals surface area contributed by atoms with Crippen molar-refractivity contribution in [1.29, 1.82) is 5.26 Å². The summed E-state index contributed by atoms with van der Waals surface area (Å²) in [5.74, 6) is -0.0501. The van der Waals surface area contributed by atoms with Crippen molar-refractivity contribution in [2.45, 2.75) is 25.3 Å². The van der Waals surface area contributed by atoms with Crippen molar-refractivity contribution in [1.82, 2.24) is 15.2 Å². The maximum Gasteiger partial charge on any atom is 0.251 e. The largest absolute Gasteiger partial charge is 0.352 e. The zero-order chi connectivity index (χ0) is 17.6. The van der Waals surface area contributed by atoms with Gasteiger partial charge in [-0.3, -0.25) is 9.78 Å². The van der Waals surface area contributed by atoms with Gasteiger partial charge in [0.2, 0.25) is 0 Å². The molecule has 2 aromatic rings. The van der Waals surface area contributed by atoms with Crippen LogP contribution in [0.1, 0.15) is 35.2 Å². The summed E-state index contributed by atoms with van der Waals surface area (Å²) in [6, 6.07) is 13.4. The highest BCUT2D eigenvalue weighted by molar-refractivity contribution is 5.94.